The summed E-state index contributed by atoms with van der Waals surface area (Å²) in [6.07, 6.45) is 1.65. The predicted octanol–water partition coefficient (Wildman–Crippen LogP) is 2.42. The number of anilines is 1. The number of nitrogens with zero attached hydrogens (tertiary/aromatic N) is 2. The number of aromatic nitrogens is 1. The molecule has 7 nitrogen and oxygen atoms in total. The second-order valence-corrected chi connectivity index (χ2v) is 4.61. The van der Waals surface area contributed by atoms with Gasteiger partial charge in [0.05, 0.1) is 9.40 Å². The number of nitro groups is 1. The molecule has 1 heterocycles. The topological polar surface area (TPSA) is 105 Å². The van der Waals surface area contributed by atoms with Gasteiger partial charge in [0.2, 0.25) is 0 Å². The molecule has 1 atom stereocenters. The molecule has 0 aliphatic rings. The lowest BCUT2D eigenvalue weighted by molar-refractivity contribution is -0.385. The molecule has 0 aliphatic carbocycles. The molecule has 0 saturated heterocycles. The van der Waals surface area contributed by atoms with E-state index < -0.39 is 10.9 Å². The monoisotopic (exact) mass is 317 g/mol. The van der Waals surface area contributed by atoms with E-state index in [1.54, 1.807) is 0 Å². The van der Waals surface area contributed by atoms with E-state index in [2.05, 4.69) is 26.2 Å². The molecular weight excluding hydrogens is 306 g/mol. The first-order chi connectivity index (χ1) is 8.40. The zero-order valence-electron chi connectivity index (χ0n) is 9.59. The Kier molecular flexibility index (Phi) is 5.02. The van der Waals surface area contributed by atoms with E-state index in [1.807, 2.05) is 6.92 Å². The number of carboxylic acids is 1. The summed E-state index contributed by atoms with van der Waals surface area (Å²) in [5, 5.41) is 22.1. The number of aliphatic carboxylic acids is 1. The van der Waals surface area contributed by atoms with Crippen molar-refractivity contribution in [1.82, 2.24) is 4.98 Å². The van der Waals surface area contributed by atoms with Crippen LogP contribution in [0.4, 0.5) is 11.5 Å². The molecule has 1 aromatic heterocycles. The maximum absolute atomic E-state index is 10.5. The number of carbonyl (C=O) groups is 1. The van der Waals surface area contributed by atoms with Crippen molar-refractivity contribution in [2.75, 3.05) is 5.32 Å². The Morgan fingerprint density at radius 3 is 2.89 bits per heavy atom. The third-order valence-corrected chi connectivity index (χ3v) is 2.82. The first-order valence-electron chi connectivity index (χ1n) is 5.18. The van der Waals surface area contributed by atoms with Crippen molar-refractivity contribution in [2.45, 2.75) is 25.8 Å². The van der Waals surface area contributed by atoms with Crippen molar-refractivity contribution in [3.8, 4) is 0 Å². The summed E-state index contributed by atoms with van der Waals surface area (Å²) in [6.45, 7) is 1.82. The summed E-state index contributed by atoms with van der Waals surface area (Å²) in [4.78, 5) is 24.3. The highest BCUT2D eigenvalue weighted by atomic mass is 79.9. The average Bonchev–Trinajstić information content (AvgIpc) is 2.29. The third-order valence-electron chi connectivity index (χ3n) is 2.21. The van der Waals surface area contributed by atoms with E-state index in [0.29, 0.717) is 16.7 Å². The molecule has 1 unspecified atom stereocenters. The van der Waals surface area contributed by atoms with Crippen LogP contribution >= 0.6 is 15.9 Å². The molecule has 0 bridgehead atoms. The number of carboxylic acid groups (broad SMARTS) is 1. The van der Waals surface area contributed by atoms with Gasteiger partial charge in [0.1, 0.15) is 12.0 Å². The Balaban J connectivity index is 2.67. The molecular formula is C10H12BrN3O4. The van der Waals surface area contributed by atoms with Crippen LogP contribution < -0.4 is 5.32 Å². The summed E-state index contributed by atoms with van der Waals surface area (Å²) in [5.74, 6) is -0.405. The molecule has 18 heavy (non-hydrogen) atoms. The van der Waals surface area contributed by atoms with Crippen molar-refractivity contribution >= 4 is 33.4 Å². The fraction of sp³-hybridized carbons (Fsp3) is 0.400. The van der Waals surface area contributed by atoms with Crippen LogP contribution in [0.2, 0.25) is 0 Å². The van der Waals surface area contributed by atoms with Crippen LogP contribution in [0.15, 0.2) is 16.7 Å². The number of pyridine rings is 1. The SMILES string of the molecule is CC(CCC(=O)O)Nc1ncc([N+](=O)[O-])cc1Br. The van der Waals surface area contributed by atoms with Gasteiger partial charge in [-0.1, -0.05) is 0 Å². The Morgan fingerprint density at radius 1 is 1.72 bits per heavy atom. The van der Waals surface area contributed by atoms with Crippen molar-refractivity contribution in [2.24, 2.45) is 0 Å². The van der Waals surface area contributed by atoms with Gasteiger partial charge in [-0.3, -0.25) is 14.9 Å². The van der Waals surface area contributed by atoms with Crippen molar-refractivity contribution in [3.63, 3.8) is 0 Å². The summed E-state index contributed by atoms with van der Waals surface area (Å²) in [6, 6.07) is 1.26. The van der Waals surface area contributed by atoms with E-state index in [1.165, 1.54) is 6.07 Å². The number of hydrogen-bond donors (Lipinski definition) is 2. The fourth-order valence-electron chi connectivity index (χ4n) is 1.28. The first-order valence-corrected chi connectivity index (χ1v) is 5.97. The quantitative estimate of drug-likeness (QED) is 0.616. The molecule has 8 heteroatoms. The minimum atomic E-state index is -0.862. The fourth-order valence-corrected chi connectivity index (χ4v) is 1.73. The third kappa shape index (κ3) is 4.28. The van der Waals surface area contributed by atoms with Gasteiger partial charge in [-0.05, 0) is 29.3 Å². The van der Waals surface area contributed by atoms with E-state index in [9.17, 15) is 14.9 Å². The number of hydrogen-bond acceptors (Lipinski definition) is 5. The summed E-state index contributed by atoms with van der Waals surface area (Å²) < 4.78 is 0.471. The largest absolute Gasteiger partial charge is 0.481 e. The van der Waals surface area contributed by atoms with Gasteiger partial charge in [0, 0.05) is 18.5 Å². The lowest BCUT2D eigenvalue weighted by atomic mass is 10.2. The second kappa shape index (κ2) is 6.29. The number of halogens is 1. The van der Waals surface area contributed by atoms with E-state index in [-0.39, 0.29) is 18.2 Å². The number of rotatable bonds is 6. The second-order valence-electron chi connectivity index (χ2n) is 3.76. The number of nitrogens with one attached hydrogen (secondary N) is 1. The summed E-state index contributed by atoms with van der Waals surface area (Å²) in [7, 11) is 0. The predicted molar refractivity (Wildman–Crippen MR) is 68.5 cm³/mol. The Hall–Kier alpha value is -1.70. The molecule has 0 aliphatic heterocycles. The molecule has 2 N–H and O–H groups in total. The standard InChI is InChI=1S/C10H12BrN3O4/c1-6(2-3-9(15)16)13-10-8(11)4-7(5-12-10)14(17)18/h4-6H,2-3H2,1H3,(H,12,13)(H,15,16). The van der Waals surface area contributed by atoms with Gasteiger partial charge in [-0.25, -0.2) is 4.98 Å². The molecule has 0 amide bonds. The van der Waals surface area contributed by atoms with Gasteiger partial charge in [-0.2, -0.15) is 0 Å². The Labute approximate surface area is 112 Å². The molecule has 0 aromatic carbocycles. The molecule has 0 fully saturated rings. The van der Waals surface area contributed by atoms with E-state index in [4.69, 9.17) is 5.11 Å². The highest BCUT2D eigenvalue weighted by Crippen LogP contribution is 2.25. The first kappa shape index (κ1) is 14.4. The molecule has 1 rings (SSSR count). The van der Waals surface area contributed by atoms with Crippen LogP contribution in [0.3, 0.4) is 0 Å². The lowest BCUT2D eigenvalue weighted by Gasteiger charge is -2.14. The van der Waals surface area contributed by atoms with E-state index >= 15 is 0 Å². The Bertz CT molecular complexity index is 466. The Morgan fingerprint density at radius 2 is 2.39 bits per heavy atom. The molecule has 1 aromatic rings. The van der Waals surface area contributed by atoms with Gasteiger partial charge < -0.3 is 10.4 Å². The smallest absolute Gasteiger partial charge is 0.303 e. The van der Waals surface area contributed by atoms with Crippen LogP contribution in [0, 0.1) is 10.1 Å². The zero-order chi connectivity index (χ0) is 13.7. The van der Waals surface area contributed by atoms with Crippen molar-refractivity contribution in [1.29, 1.82) is 0 Å². The highest BCUT2D eigenvalue weighted by molar-refractivity contribution is 9.10. The van der Waals surface area contributed by atoms with Gasteiger partial charge in [-0.15, -0.1) is 0 Å². The van der Waals surface area contributed by atoms with Crippen LogP contribution in [0.25, 0.3) is 0 Å². The zero-order valence-corrected chi connectivity index (χ0v) is 11.2. The minimum Gasteiger partial charge on any atom is -0.481 e. The molecule has 0 saturated carbocycles. The summed E-state index contributed by atoms with van der Waals surface area (Å²) in [5.41, 5.74) is -0.106. The van der Waals surface area contributed by atoms with Gasteiger partial charge in [0.15, 0.2) is 0 Å². The van der Waals surface area contributed by atoms with Crippen LogP contribution in [-0.2, 0) is 4.79 Å². The minimum absolute atomic E-state index is 0.0543. The van der Waals surface area contributed by atoms with Crippen LogP contribution in [0.1, 0.15) is 19.8 Å². The van der Waals surface area contributed by atoms with Gasteiger partial charge in [0.25, 0.3) is 5.69 Å². The summed E-state index contributed by atoms with van der Waals surface area (Å²) >= 11 is 3.18. The maximum atomic E-state index is 10.5. The van der Waals surface area contributed by atoms with E-state index in [0.717, 1.165) is 6.20 Å². The highest BCUT2D eigenvalue weighted by Gasteiger charge is 2.12. The molecule has 0 radical (unpaired) electrons. The normalized spacial score (nSPS) is 11.9. The van der Waals surface area contributed by atoms with Gasteiger partial charge >= 0.3 is 5.97 Å². The van der Waals surface area contributed by atoms with Crippen LogP contribution in [-0.4, -0.2) is 27.0 Å². The molecule has 98 valence electrons. The average molecular weight is 318 g/mol. The van der Waals surface area contributed by atoms with Crippen molar-refractivity contribution in [3.05, 3.63) is 26.9 Å². The maximum Gasteiger partial charge on any atom is 0.303 e. The lowest BCUT2D eigenvalue weighted by Crippen LogP contribution is -2.17. The van der Waals surface area contributed by atoms with Crippen LogP contribution in [0.5, 0.6) is 0 Å². The van der Waals surface area contributed by atoms with Crippen molar-refractivity contribution < 1.29 is 14.8 Å². The molecule has 0 spiro atoms.